The highest BCUT2D eigenvalue weighted by molar-refractivity contribution is 5.29. The highest BCUT2D eigenvalue weighted by Gasteiger charge is 2.15. The molecule has 0 N–H and O–H groups in total. The van der Waals surface area contributed by atoms with Crippen molar-refractivity contribution in [2.24, 2.45) is 5.92 Å². The maximum absolute atomic E-state index is 2.31. The van der Waals surface area contributed by atoms with Crippen LogP contribution in [0.15, 0.2) is 23.8 Å². The number of allylic oxidation sites excluding steroid dienone is 4. The third kappa shape index (κ3) is 1.22. The smallest absolute Gasteiger partial charge is 0.00453 e. The first kappa shape index (κ1) is 5.61. The summed E-state index contributed by atoms with van der Waals surface area (Å²) in [5.74, 6) is 0.811. The second-order valence-corrected chi connectivity index (χ2v) is 2.30. The van der Waals surface area contributed by atoms with Gasteiger partial charge in [-0.05, 0) is 19.3 Å². The molecular weight excluding hydrogens is 96.1 g/mol. The van der Waals surface area contributed by atoms with Crippen LogP contribution in [0, 0.1) is 5.92 Å². The van der Waals surface area contributed by atoms with E-state index < -0.39 is 0 Å². The van der Waals surface area contributed by atoms with E-state index in [0.29, 0.717) is 0 Å². The summed E-state index contributed by atoms with van der Waals surface area (Å²) >= 11 is 0. The van der Waals surface area contributed by atoms with Crippen LogP contribution < -0.4 is 0 Å². The fraction of sp³-hybridized carbons (Fsp3) is 0.500. The molecule has 0 saturated carbocycles. The van der Waals surface area contributed by atoms with Crippen molar-refractivity contribution in [3.63, 3.8) is 0 Å². The van der Waals surface area contributed by atoms with Gasteiger partial charge in [-0.3, -0.25) is 0 Å². The molecule has 0 aromatic heterocycles. The molecule has 0 heterocycles. The first-order valence-electron chi connectivity index (χ1n) is 3.16. The van der Waals surface area contributed by atoms with E-state index in [2.05, 4.69) is 32.1 Å². The van der Waals surface area contributed by atoms with Crippen LogP contribution in [0.5, 0.6) is 0 Å². The number of rotatable bonds is 2. The predicted octanol–water partition coefficient (Wildman–Crippen LogP) is 2.53. The van der Waals surface area contributed by atoms with E-state index in [4.69, 9.17) is 0 Å². The van der Waals surface area contributed by atoms with Crippen molar-refractivity contribution in [1.82, 2.24) is 0 Å². The van der Waals surface area contributed by atoms with Crippen LogP contribution in [-0.4, -0.2) is 0 Å². The Morgan fingerprint density at radius 3 is 2.75 bits per heavy atom. The third-order valence-corrected chi connectivity index (χ3v) is 1.53. The standard InChI is InChI=1S/C8H12/c1-3-4-5-8-6-7(8)2/h3-4,6-7H,5H2,1-2H3. The summed E-state index contributed by atoms with van der Waals surface area (Å²) in [4.78, 5) is 0. The lowest BCUT2D eigenvalue weighted by atomic mass is 10.2. The Hall–Kier alpha value is -0.520. The van der Waals surface area contributed by atoms with E-state index >= 15 is 0 Å². The molecule has 0 radical (unpaired) electrons. The van der Waals surface area contributed by atoms with Crippen LogP contribution in [0.25, 0.3) is 0 Å². The van der Waals surface area contributed by atoms with E-state index in [1.807, 2.05) is 0 Å². The highest BCUT2D eigenvalue weighted by atomic mass is 14.2. The fourth-order valence-electron chi connectivity index (χ4n) is 0.781. The lowest BCUT2D eigenvalue weighted by molar-refractivity contribution is 0.997. The minimum atomic E-state index is 0.811. The van der Waals surface area contributed by atoms with Gasteiger partial charge in [0.25, 0.3) is 0 Å². The van der Waals surface area contributed by atoms with Gasteiger partial charge in [-0.1, -0.05) is 30.7 Å². The van der Waals surface area contributed by atoms with Crippen molar-refractivity contribution < 1.29 is 0 Å². The summed E-state index contributed by atoms with van der Waals surface area (Å²) in [6.45, 7) is 4.30. The monoisotopic (exact) mass is 108 g/mol. The minimum absolute atomic E-state index is 0.811. The molecule has 0 amide bonds. The van der Waals surface area contributed by atoms with Gasteiger partial charge in [0, 0.05) is 0 Å². The van der Waals surface area contributed by atoms with Crippen LogP contribution in [0.4, 0.5) is 0 Å². The molecule has 44 valence electrons. The summed E-state index contributed by atoms with van der Waals surface area (Å²) in [5, 5.41) is 0. The van der Waals surface area contributed by atoms with Crippen molar-refractivity contribution >= 4 is 0 Å². The van der Waals surface area contributed by atoms with E-state index in [1.54, 1.807) is 5.57 Å². The van der Waals surface area contributed by atoms with Crippen LogP contribution in [-0.2, 0) is 0 Å². The van der Waals surface area contributed by atoms with E-state index in [0.717, 1.165) is 5.92 Å². The first-order valence-corrected chi connectivity index (χ1v) is 3.16. The number of hydrogen-bond donors (Lipinski definition) is 0. The zero-order valence-electron chi connectivity index (χ0n) is 5.52. The Bertz CT molecular complexity index is 129. The summed E-state index contributed by atoms with van der Waals surface area (Å²) in [6, 6.07) is 0. The zero-order valence-corrected chi connectivity index (χ0v) is 5.52. The topological polar surface area (TPSA) is 0 Å². The van der Waals surface area contributed by atoms with Gasteiger partial charge in [0.05, 0.1) is 0 Å². The van der Waals surface area contributed by atoms with Gasteiger partial charge in [0.15, 0.2) is 0 Å². The summed E-state index contributed by atoms with van der Waals surface area (Å²) < 4.78 is 0. The van der Waals surface area contributed by atoms with Gasteiger partial charge in [-0.25, -0.2) is 0 Å². The predicted molar refractivity (Wildman–Crippen MR) is 36.7 cm³/mol. The molecular formula is C8H12. The van der Waals surface area contributed by atoms with Crippen LogP contribution in [0.3, 0.4) is 0 Å². The van der Waals surface area contributed by atoms with E-state index in [-0.39, 0.29) is 0 Å². The van der Waals surface area contributed by atoms with E-state index in [9.17, 15) is 0 Å². The van der Waals surface area contributed by atoms with Crippen LogP contribution in [0.1, 0.15) is 20.3 Å². The molecule has 0 heteroatoms. The summed E-state index contributed by atoms with van der Waals surface area (Å²) in [7, 11) is 0. The van der Waals surface area contributed by atoms with Crippen molar-refractivity contribution in [2.45, 2.75) is 20.3 Å². The lowest BCUT2D eigenvalue weighted by Crippen LogP contribution is -1.67. The molecule has 0 aromatic carbocycles. The molecule has 0 bridgehead atoms. The Labute approximate surface area is 50.9 Å². The summed E-state index contributed by atoms with van der Waals surface area (Å²) in [5.41, 5.74) is 1.60. The SMILES string of the molecule is CC=CCC1=CC1C. The maximum Gasteiger partial charge on any atom is -0.00453 e. The van der Waals surface area contributed by atoms with Gasteiger partial charge in [0.1, 0.15) is 0 Å². The van der Waals surface area contributed by atoms with Gasteiger partial charge in [-0.2, -0.15) is 0 Å². The molecule has 0 nitrogen and oxygen atoms in total. The molecule has 0 saturated heterocycles. The van der Waals surface area contributed by atoms with Crippen molar-refractivity contribution in [3.05, 3.63) is 23.8 Å². The first-order chi connectivity index (χ1) is 3.84. The van der Waals surface area contributed by atoms with Crippen molar-refractivity contribution in [3.8, 4) is 0 Å². The summed E-state index contributed by atoms with van der Waals surface area (Å²) in [6.07, 6.45) is 7.79. The Morgan fingerprint density at radius 1 is 1.75 bits per heavy atom. The molecule has 1 aliphatic rings. The molecule has 1 unspecified atom stereocenters. The molecule has 0 spiro atoms. The maximum atomic E-state index is 2.31. The Balaban J connectivity index is 2.14. The Morgan fingerprint density at radius 2 is 2.38 bits per heavy atom. The third-order valence-electron chi connectivity index (χ3n) is 1.53. The zero-order chi connectivity index (χ0) is 5.98. The van der Waals surface area contributed by atoms with Gasteiger partial charge < -0.3 is 0 Å². The quantitative estimate of drug-likeness (QED) is 0.477. The van der Waals surface area contributed by atoms with Crippen LogP contribution >= 0.6 is 0 Å². The molecule has 0 fully saturated rings. The number of hydrogen-bond acceptors (Lipinski definition) is 0. The molecule has 1 atom stereocenters. The highest BCUT2D eigenvalue weighted by Crippen LogP contribution is 2.30. The normalized spacial score (nSPS) is 26.2. The van der Waals surface area contributed by atoms with Crippen LogP contribution in [0.2, 0.25) is 0 Å². The Kier molecular flexibility index (Phi) is 1.52. The second kappa shape index (κ2) is 2.17. The average molecular weight is 108 g/mol. The van der Waals surface area contributed by atoms with Gasteiger partial charge >= 0.3 is 0 Å². The fourth-order valence-corrected chi connectivity index (χ4v) is 0.781. The largest absolute Gasteiger partial charge is 0.0913 e. The lowest BCUT2D eigenvalue weighted by Gasteiger charge is -1.82. The van der Waals surface area contributed by atoms with Gasteiger partial charge in [0.2, 0.25) is 0 Å². The molecule has 0 aromatic rings. The molecule has 1 rings (SSSR count). The van der Waals surface area contributed by atoms with E-state index in [1.165, 1.54) is 6.42 Å². The minimum Gasteiger partial charge on any atom is -0.0913 e. The molecule has 1 aliphatic carbocycles. The molecule has 0 aliphatic heterocycles. The molecule has 8 heavy (non-hydrogen) atoms. The van der Waals surface area contributed by atoms with Gasteiger partial charge in [-0.15, -0.1) is 0 Å². The average Bonchev–Trinajstić information content (AvgIpc) is 2.42. The van der Waals surface area contributed by atoms with Crippen molar-refractivity contribution in [1.29, 1.82) is 0 Å². The van der Waals surface area contributed by atoms with Crippen molar-refractivity contribution in [2.75, 3.05) is 0 Å². The second-order valence-electron chi connectivity index (χ2n) is 2.30.